The fourth-order valence-corrected chi connectivity index (χ4v) is 3.94. The minimum Gasteiger partial charge on any atom is -0.435 e. The average molecular weight is 394 g/mol. The van der Waals surface area contributed by atoms with Crippen molar-refractivity contribution in [2.45, 2.75) is 45.1 Å². The van der Waals surface area contributed by atoms with E-state index in [0.717, 1.165) is 31.2 Å². The number of hydrogen-bond donors (Lipinski definition) is 1. The molecule has 3 amide bonds. The van der Waals surface area contributed by atoms with Crippen molar-refractivity contribution < 1.29 is 27.9 Å². The summed E-state index contributed by atoms with van der Waals surface area (Å²) in [6.45, 7) is -2.36. The maximum absolute atomic E-state index is 12.4. The monoisotopic (exact) mass is 394 g/mol. The van der Waals surface area contributed by atoms with Gasteiger partial charge in [-0.25, -0.2) is 0 Å². The molecule has 3 rings (SSSR count). The van der Waals surface area contributed by atoms with Gasteiger partial charge in [-0.15, -0.1) is 0 Å². The summed E-state index contributed by atoms with van der Waals surface area (Å²) in [6, 6.07) is 6.22. The summed E-state index contributed by atoms with van der Waals surface area (Å²) in [4.78, 5) is 38.0. The van der Waals surface area contributed by atoms with Crippen LogP contribution in [0.3, 0.4) is 0 Å². The Morgan fingerprint density at radius 1 is 1.11 bits per heavy atom. The Morgan fingerprint density at radius 3 is 2.29 bits per heavy atom. The highest BCUT2D eigenvalue weighted by molar-refractivity contribution is 6.05. The van der Waals surface area contributed by atoms with E-state index in [9.17, 15) is 23.2 Å². The van der Waals surface area contributed by atoms with Crippen LogP contribution in [0.15, 0.2) is 24.3 Å². The van der Waals surface area contributed by atoms with Gasteiger partial charge in [-0.3, -0.25) is 19.3 Å². The quantitative estimate of drug-likeness (QED) is 0.688. The summed E-state index contributed by atoms with van der Waals surface area (Å²) in [5, 5.41) is 2.75. The molecule has 1 aromatic rings. The number of carbonyl (C=O) groups excluding carboxylic acids is 3. The normalized spacial score (nSPS) is 21.8. The first-order chi connectivity index (χ1) is 13.5. The minimum absolute atomic E-state index is 0.0814. The van der Waals surface area contributed by atoms with Crippen molar-refractivity contribution in [1.29, 1.82) is 0 Å². The van der Waals surface area contributed by atoms with E-state index < -0.39 is 6.61 Å². The fraction of sp³-hybridized carbons (Fsp3) is 0.550. The number of amides is 3. The first-order valence-corrected chi connectivity index (χ1v) is 9.61. The van der Waals surface area contributed by atoms with E-state index in [1.54, 1.807) is 12.1 Å². The zero-order chi connectivity index (χ0) is 20.1. The molecule has 1 aliphatic heterocycles. The Bertz CT molecular complexity index is 699. The van der Waals surface area contributed by atoms with E-state index in [2.05, 4.69) is 10.1 Å². The number of nitrogens with zero attached hydrogens (tertiary/aromatic N) is 1. The molecule has 28 heavy (non-hydrogen) atoms. The number of nitrogens with one attached hydrogen (secondary N) is 1. The van der Waals surface area contributed by atoms with Crippen molar-refractivity contribution in [3.63, 3.8) is 0 Å². The van der Waals surface area contributed by atoms with Crippen molar-refractivity contribution in [2.75, 3.05) is 13.1 Å². The number of imide groups is 1. The molecule has 1 N–H and O–H groups in total. The highest BCUT2D eigenvalue weighted by Crippen LogP contribution is 2.37. The predicted octanol–water partition coefficient (Wildman–Crippen LogP) is 2.51. The highest BCUT2D eigenvalue weighted by atomic mass is 19.3. The average Bonchev–Trinajstić information content (AvgIpc) is 2.92. The topological polar surface area (TPSA) is 75.7 Å². The van der Waals surface area contributed by atoms with Crippen LogP contribution in [0.2, 0.25) is 0 Å². The zero-order valence-corrected chi connectivity index (χ0v) is 15.5. The Hall–Kier alpha value is -2.51. The van der Waals surface area contributed by atoms with Crippen LogP contribution in [-0.4, -0.2) is 42.3 Å². The first kappa shape index (κ1) is 20.2. The van der Waals surface area contributed by atoms with Gasteiger partial charge in [0.25, 0.3) is 0 Å². The van der Waals surface area contributed by atoms with E-state index in [4.69, 9.17) is 0 Å². The van der Waals surface area contributed by atoms with Crippen LogP contribution in [0.5, 0.6) is 5.75 Å². The van der Waals surface area contributed by atoms with Crippen LogP contribution < -0.4 is 10.1 Å². The van der Waals surface area contributed by atoms with E-state index in [1.807, 2.05) is 0 Å². The Morgan fingerprint density at radius 2 is 1.71 bits per heavy atom. The second-order valence-corrected chi connectivity index (χ2v) is 7.20. The van der Waals surface area contributed by atoms with Crippen molar-refractivity contribution in [1.82, 2.24) is 10.2 Å². The number of hydrogen-bond acceptors (Lipinski definition) is 4. The lowest BCUT2D eigenvalue weighted by atomic mass is 9.81. The second kappa shape index (κ2) is 9.12. The van der Waals surface area contributed by atoms with Gasteiger partial charge in [0, 0.05) is 19.5 Å². The van der Waals surface area contributed by atoms with Crippen molar-refractivity contribution in [3.8, 4) is 5.75 Å². The maximum Gasteiger partial charge on any atom is 0.387 e. The van der Waals surface area contributed by atoms with Crippen molar-refractivity contribution in [3.05, 3.63) is 29.8 Å². The van der Waals surface area contributed by atoms with Gasteiger partial charge in [-0.1, -0.05) is 25.0 Å². The van der Waals surface area contributed by atoms with E-state index in [-0.39, 0.29) is 48.3 Å². The third kappa shape index (κ3) is 4.85. The van der Waals surface area contributed by atoms with Gasteiger partial charge < -0.3 is 10.1 Å². The molecule has 6 nitrogen and oxygen atoms in total. The van der Waals surface area contributed by atoms with Gasteiger partial charge >= 0.3 is 6.61 Å². The molecule has 152 valence electrons. The largest absolute Gasteiger partial charge is 0.435 e. The summed E-state index contributed by atoms with van der Waals surface area (Å²) < 4.78 is 28.5. The van der Waals surface area contributed by atoms with Gasteiger partial charge in [-0.05, 0) is 37.0 Å². The van der Waals surface area contributed by atoms with Crippen LogP contribution in [0.4, 0.5) is 8.78 Å². The summed E-state index contributed by atoms with van der Waals surface area (Å²) in [5.41, 5.74) is 0.871. The lowest BCUT2D eigenvalue weighted by Gasteiger charge is -2.19. The fourth-order valence-electron chi connectivity index (χ4n) is 3.94. The highest BCUT2D eigenvalue weighted by Gasteiger charge is 2.47. The molecule has 2 aliphatic rings. The van der Waals surface area contributed by atoms with Gasteiger partial charge in [0.2, 0.25) is 17.7 Å². The van der Waals surface area contributed by atoms with Gasteiger partial charge in [0.15, 0.2) is 0 Å². The molecule has 1 aromatic carbocycles. The van der Waals surface area contributed by atoms with Gasteiger partial charge in [0.05, 0.1) is 11.8 Å². The molecule has 1 aliphatic carbocycles. The molecule has 0 radical (unpaired) electrons. The molecule has 2 atom stereocenters. The van der Waals surface area contributed by atoms with Gasteiger partial charge in [-0.2, -0.15) is 8.78 Å². The molecule has 1 saturated carbocycles. The number of ether oxygens (including phenoxy) is 1. The van der Waals surface area contributed by atoms with Crippen molar-refractivity contribution >= 4 is 17.7 Å². The lowest BCUT2D eigenvalue weighted by Crippen LogP contribution is -2.35. The number of fused-ring (bicyclic) bond motifs is 1. The minimum atomic E-state index is -2.86. The lowest BCUT2D eigenvalue weighted by molar-refractivity contribution is -0.140. The standard InChI is InChI=1S/C20H24F2N2O4/c21-20(22)28-14-7-5-13(6-8-14)9-11-23-17(25)10-12-24-18(26)15-3-1-2-4-16(15)19(24)27/h5-8,15-16,20H,1-4,9-12H2,(H,23,25)/t15-,16-/m0/s1. The number of alkyl halides is 2. The molecular weight excluding hydrogens is 370 g/mol. The third-order valence-electron chi connectivity index (χ3n) is 5.38. The number of benzene rings is 1. The maximum atomic E-state index is 12.4. The molecular formula is C20H24F2N2O4. The smallest absolute Gasteiger partial charge is 0.387 e. The molecule has 0 bridgehead atoms. The van der Waals surface area contributed by atoms with E-state index in [0.29, 0.717) is 13.0 Å². The van der Waals surface area contributed by atoms with Crippen LogP contribution in [0, 0.1) is 11.8 Å². The second-order valence-electron chi connectivity index (χ2n) is 7.20. The molecule has 1 heterocycles. The van der Waals surface area contributed by atoms with E-state index >= 15 is 0 Å². The van der Waals surface area contributed by atoms with Crippen LogP contribution in [0.1, 0.15) is 37.7 Å². The van der Waals surface area contributed by atoms with Crippen LogP contribution in [-0.2, 0) is 20.8 Å². The van der Waals surface area contributed by atoms with Crippen LogP contribution >= 0.6 is 0 Å². The SMILES string of the molecule is O=C(CCN1C(=O)[C@H]2CCCC[C@@H]2C1=O)NCCc1ccc(OC(F)F)cc1. The number of likely N-dealkylation sites (tertiary alicyclic amines) is 1. The Labute approximate surface area is 162 Å². The summed E-state index contributed by atoms with van der Waals surface area (Å²) in [5.74, 6) is -0.790. The number of carbonyl (C=O) groups is 3. The van der Waals surface area contributed by atoms with E-state index in [1.165, 1.54) is 17.0 Å². The summed E-state index contributed by atoms with van der Waals surface area (Å²) >= 11 is 0. The van der Waals surface area contributed by atoms with Crippen LogP contribution in [0.25, 0.3) is 0 Å². The van der Waals surface area contributed by atoms with Crippen molar-refractivity contribution in [2.24, 2.45) is 11.8 Å². The molecule has 0 spiro atoms. The zero-order valence-electron chi connectivity index (χ0n) is 15.5. The molecule has 1 saturated heterocycles. The molecule has 2 fully saturated rings. The van der Waals surface area contributed by atoms with Gasteiger partial charge in [0.1, 0.15) is 5.75 Å². The Kier molecular flexibility index (Phi) is 6.59. The summed E-state index contributed by atoms with van der Waals surface area (Å²) in [7, 11) is 0. The molecule has 0 unspecified atom stereocenters. The molecule has 8 heteroatoms. The molecule has 0 aromatic heterocycles. The Balaban J connectivity index is 1.39. The summed E-state index contributed by atoms with van der Waals surface area (Å²) in [6.07, 6.45) is 4.09. The third-order valence-corrected chi connectivity index (χ3v) is 5.38. The predicted molar refractivity (Wildman–Crippen MR) is 96.6 cm³/mol. The first-order valence-electron chi connectivity index (χ1n) is 9.61. The number of rotatable bonds is 8. The number of halogens is 2.